The number of halogens is 2. The van der Waals surface area contributed by atoms with Crippen LogP contribution in [0.15, 0.2) is 22.7 Å². The maximum absolute atomic E-state index is 13.8. The highest BCUT2D eigenvalue weighted by atomic mass is 79.9. The molecule has 6 heteroatoms. The second kappa shape index (κ2) is 6.77. The van der Waals surface area contributed by atoms with Gasteiger partial charge >= 0.3 is 5.97 Å². The van der Waals surface area contributed by atoms with Gasteiger partial charge in [0.2, 0.25) is 5.91 Å². The van der Waals surface area contributed by atoms with Crippen molar-refractivity contribution in [3.8, 4) is 0 Å². The Morgan fingerprint density at radius 2 is 2.09 bits per heavy atom. The summed E-state index contributed by atoms with van der Waals surface area (Å²) in [5.41, 5.74) is -0.497. The maximum atomic E-state index is 13.8. The third kappa shape index (κ3) is 3.48. The Kier molecular flexibility index (Phi) is 5.21. The van der Waals surface area contributed by atoms with Gasteiger partial charge in [0, 0.05) is 29.5 Å². The van der Waals surface area contributed by atoms with Gasteiger partial charge in [-0.05, 0) is 38.0 Å². The molecule has 0 spiro atoms. The molecule has 0 bridgehead atoms. The lowest BCUT2D eigenvalue weighted by molar-refractivity contribution is -0.159. The second-order valence-electron chi connectivity index (χ2n) is 5.76. The van der Waals surface area contributed by atoms with Gasteiger partial charge in [-0.25, -0.2) is 4.39 Å². The number of carboxylic acid groups (broad SMARTS) is 1. The Hall–Kier alpha value is -1.43. The molecular weight excluding hydrogens is 353 g/mol. The third-order valence-corrected chi connectivity index (χ3v) is 4.85. The lowest BCUT2D eigenvalue weighted by atomic mass is 9.66. The Labute approximate surface area is 137 Å². The summed E-state index contributed by atoms with van der Waals surface area (Å²) in [5, 5.41) is 9.32. The molecule has 0 saturated heterocycles. The van der Waals surface area contributed by atoms with E-state index in [0.29, 0.717) is 24.9 Å². The molecule has 1 aliphatic rings. The summed E-state index contributed by atoms with van der Waals surface area (Å²) in [5.74, 6) is -1.51. The van der Waals surface area contributed by atoms with Crippen molar-refractivity contribution >= 4 is 27.8 Å². The van der Waals surface area contributed by atoms with E-state index in [1.165, 1.54) is 11.0 Å². The van der Waals surface area contributed by atoms with Crippen LogP contribution in [0.1, 0.15) is 38.2 Å². The van der Waals surface area contributed by atoms with E-state index in [2.05, 4.69) is 15.9 Å². The lowest BCUT2D eigenvalue weighted by Gasteiger charge is -2.38. The quantitative estimate of drug-likeness (QED) is 0.831. The number of hydrogen-bond acceptors (Lipinski definition) is 2. The SMILES string of the molecule is CCN(Cc1cc(Br)ccc1F)C(=O)CC1(C(=O)O)CCC1. The minimum absolute atomic E-state index is 0.00814. The summed E-state index contributed by atoms with van der Waals surface area (Å²) in [6.45, 7) is 2.37. The molecule has 0 heterocycles. The fourth-order valence-corrected chi connectivity index (χ4v) is 3.13. The zero-order chi connectivity index (χ0) is 16.3. The average molecular weight is 372 g/mol. The first-order valence-electron chi connectivity index (χ1n) is 7.33. The molecule has 2 rings (SSSR count). The van der Waals surface area contributed by atoms with E-state index >= 15 is 0 Å². The minimum Gasteiger partial charge on any atom is -0.481 e. The standard InChI is InChI=1S/C16H19BrFNO3/c1-2-19(10-11-8-12(17)4-5-13(11)18)14(20)9-16(15(21)22)6-3-7-16/h4-5,8H,2-3,6-7,9-10H2,1H3,(H,21,22). The molecule has 0 unspecified atom stereocenters. The molecule has 1 N–H and O–H groups in total. The number of aliphatic carboxylic acids is 1. The van der Waals surface area contributed by atoms with Crippen LogP contribution in [0.5, 0.6) is 0 Å². The van der Waals surface area contributed by atoms with E-state index in [0.717, 1.165) is 10.9 Å². The third-order valence-electron chi connectivity index (χ3n) is 4.36. The summed E-state index contributed by atoms with van der Waals surface area (Å²) < 4.78 is 14.6. The zero-order valence-corrected chi connectivity index (χ0v) is 14.0. The van der Waals surface area contributed by atoms with E-state index in [1.807, 2.05) is 6.92 Å². The van der Waals surface area contributed by atoms with Gasteiger partial charge in [-0.3, -0.25) is 9.59 Å². The molecular formula is C16H19BrFNO3. The monoisotopic (exact) mass is 371 g/mol. The van der Waals surface area contributed by atoms with Crippen molar-refractivity contribution in [2.24, 2.45) is 5.41 Å². The van der Waals surface area contributed by atoms with Gasteiger partial charge in [0.25, 0.3) is 0 Å². The summed E-state index contributed by atoms with van der Waals surface area (Å²) in [4.78, 5) is 25.3. The molecule has 0 atom stereocenters. The summed E-state index contributed by atoms with van der Waals surface area (Å²) >= 11 is 3.29. The molecule has 0 aliphatic heterocycles. The van der Waals surface area contributed by atoms with Crippen LogP contribution >= 0.6 is 15.9 Å². The van der Waals surface area contributed by atoms with Gasteiger partial charge in [0.1, 0.15) is 5.82 Å². The highest BCUT2D eigenvalue weighted by Gasteiger charge is 2.46. The van der Waals surface area contributed by atoms with Crippen LogP contribution in [-0.4, -0.2) is 28.4 Å². The average Bonchev–Trinajstić information content (AvgIpc) is 2.43. The van der Waals surface area contributed by atoms with Gasteiger partial charge in [-0.2, -0.15) is 0 Å². The molecule has 1 amide bonds. The van der Waals surface area contributed by atoms with E-state index in [4.69, 9.17) is 0 Å². The molecule has 0 radical (unpaired) electrons. The van der Waals surface area contributed by atoms with E-state index in [9.17, 15) is 19.1 Å². The molecule has 1 aromatic carbocycles. The molecule has 1 aliphatic carbocycles. The molecule has 1 fully saturated rings. The van der Waals surface area contributed by atoms with Crippen LogP contribution in [0.3, 0.4) is 0 Å². The summed E-state index contributed by atoms with van der Waals surface area (Å²) in [6, 6.07) is 4.59. The van der Waals surface area contributed by atoms with Crippen molar-refractivity contribution in [2.75, 3.05) is 6.54 Å². The van der Waals surface area contributed by atoms with E-state index in [1.54, 1.807) is 12.1 Å². The number of benzene rings is 1. The first kappa shape index (κ1) is 16.9. The van der Waals surface area contributed by atoms with Gasteiger partial charge in [0.15, 0.2) is 0 Å². The van der Waals surface area contributed by atoms with Crippen molar-refractivity contribution in [1.82, 2.24) is 4.90 Å². The number of carboxylic acids is 1. The predicted molar refractivity (Wildman–Crippen MR) is 83.7 cm³/mol. The first-order valence-corrected chi connectivity index (χ1v) is 8.12. The number of rotatable bonds is 6. The van der Waals surface area contributed by atoms with Crippen LogP contribution in [0.4, 0.5) is 4.39 Å². The van der Waals surface area contributed by atoms with Crippen molar-refractivity contribution < 1.29 is 19.1 Å². The van der Waals surface area contributed by atoms with Gasteiger partial charge in [0.05, 0.1) is 5.41 Å². The van der Waals surface area contributed by atoms with Crippen LogP contribution in [-0.2, 0) is 16.1 Å². The number of nitrogens with zero attached hydrogens (tertiary/aromatic N) is 1. The van der Waals surface area contributed by atoms with Crippen LogP contribution < -0.4 is 0 Å². The highest BCUT2D eigenvalue weighted by molar-refractivity contribution is 9.10. The topological polar surface area (TPSA) is 57.6 Å². The Morgan fingerprint density at radius 1 is 1.41 bits per heavy atom. The number of carbonyl (C=O) groups excluding carboxylic acids is 1. The Morgan fingerprint density at radius 3 is 2.59 bits per heavy atom. The zero-order valence-electron chi connectivity index (χ0n) is 12.4. The normalized spacial score (nSPS) is 16.0. The number of amides is 1. The summed E-state index contributed by atoms with van der Waals surface area (Å²) in [7, 11) is 0. The fraction of sp³-hybridized carbons (Fsp3) is 0.500. The van der Waals surface area contributed by atoms with Crippen molar-refractivity contribution in [1.29, 1.82) is 0 Å². The van der Waals surface area contributed by atoms with Gasteiger partial charge in [-0.1, -0.05) is 22.4 Å². The van der Waals surface area contributed by atoms with Crippen LogP contribution in [0, 0.1) is 11.2 Å². The summed E-state index contributed by atoms with van der Waals surface area (Å²) in [6.07, 6.45) is 1.91. The van der Waals surface area contributed by atoms with Crippen molar-refractivity contribution in [3.05, 3.63) is 34.1 Å². The van der Waals surface area contributed by atoms with Crippen LogP contribution in [0.2, 0.25) is 0 Å². The second-order valence-corrected chi connectivity index (χ2v) is 6.68. The number of carbonyl (C=O) groups is 2. The Balaban J connectivity index is 2.09. The predicted octanol–water partition coefficient (Wildman–Crippen LogP) is 3.58. The smallest absolute Gasteiger partial charge is 0.310 e. The molecule has 0 aromatic heterocycles. The van der Waals surface area contributed by atoms with Crippen LogP contribution in [0.25, 0.3) is 0 Å². The Bertz CT molecular complexity index is 587. The van der Waals surface area contributed by atoms with E-state index < -0.39 is 11.4 Å². The largest absolute Gasteiger partial charge is 0.481 e. The van der Waals surface area contributed by atoms with Gasteiger partial charge < -0.3 is 10.0 Å². The maximum Gasteiger partial charge on any atom is 0.310 e. The van der Waals surface area contributed by atoms with Crippen molar-refractivity contribution in [2.45, 2.75) is 39.2 Å². The molecule has 4 nitrogen and oxygen atoms in total. The number of hydrogen-bond donors (Lipinski definition) is 1. The molecule has 1 saturated carbocycles. The van der Waals surface area contributed by atoms with E-state index in [-0.39, 0.29) is 24.7 Å². The molecule has 1 aromatic rings. The lowest BCUT2D eigenvalue weighted by Crippen LogP contribution is -2.43. The van der Waals surface area contributed by atoms with Gasteiger partial charge in [-0.15, -0.1) is 0 Å². The van der Waals surface area contributed by atoms with Crippen molar-refractivity contribution in [3.63, 3.8) is 0 Å². The minimum atomic E-state index is -0.916. The fourth-order valence-electron chi connectivity index (χ4n) is 2.72. The molecule has 120 valence electrons. The first-order chi connectivity index (χ1) is 10.4. The molecule has 22 heavy (non-hydrogen) atoms. The highest BCUT2D eigenvalue weighted by Crippen LogP contribution is 2.44.